The Bertz CT molecular complexity index is 402. The van der Waals surface area contributed by atoms with Gasteiger partial charge in [-0.25, -0.2) is 0 Å². The van der Waals surface area contributed by atoms with E-state index >= 15 is 0 Å². The molecule has 1 aliphatic carbocycles. The van der Waals surface area contributed by atoms with E-state index in [1.54, 1.807) is 0 Å². The van der Waals surface area contributed by atoms with Crippen LogP contribution in [0.3, 0.4) is 0 Å². The standard InChI is InChI=1S/C16H25NO/c1-11-7-8-12(2)15(9-11)13(3)17-16-6-4-5-14(16)10-18/h7-9,13-14,16-18H,4-6,10H2,1-3H3. The molecule has 0 aliphatic heterocycles. The third-order valence-electron chi connectivity index (χ3n) is 4.26. The first-order chi connectivity index (χ1) is 8.61. The predicted octanol–water partition coefficient (Wildman–Crippen LogP) is 3.12. The minimum atomic E-state index is 0.317. The zero-order chi connectivity index (χ0) is 13.1. The van der Waals surface area contributed by atoms with Crippen LogP contribution in [0.4, 0.5) is 0 Å². The zero-order valence-corrected chi connectivity index (χ0v) is 11.7. The summed E-state index contributed by atoms with van der Waals surface area (Å²) >= 11 is 0. The van der Waals surface area contributed by atoms with Crippen molar-refractivity contribution in [2.24, 2.45) is 5.92 Å². The molecule has 0 spiro atoms. The molecule has 0 heterocycles. The molecule has 2 rings (SSSR count). The molecule has 0 radical (unpaired) electrons. The van der Waals surface area contributed by atoms with Gasteiger partial charge in [-0.05, 0) is 50.7 Å². The SMILES string of the molecule is Cc1ccc(C)c(C(C)NC2CCCC2CO)c1. The number of benzene rings is 1. The minimum absolute atomic E-state index is 0.317. The Morgan fingerprint density at radius 3 is 2.83 bits per heavy atom. The van der Waals surface area contributed by atoms with Crippen molar-refractivity contribution in [1.29, 1.82) is 0 Å². The van der Waals surface area contributed by atoms with Crippen LogP contribution in [0.25, 0.3) is 0 Å². The highest BCUT2D eigenvalue weighted by molar-refractivity contribution is 5.32. The Hall–Kier alpha value is -0.860. The van der Waals surface area contributed by atoms with Crippen LogP contribution in [-0.2, 0) is 0 Å². The van der Waals surface area contributed by atoms with Gasteiger partial charge in [-0.15, -0.1) is 0 Å². The molecule has 2 N–H and O–H groups in total. The fraction of sp³-hybridized carbons (Fsp3) is 0.625. The summed E-state index contributed by atoms with van der Waals surface area (Å²) in [6.45, 7) is 6.86. The molecule has 3 unspecified atom stereocenters. The van der Waals surface area contributed by atoms with Gasteiger partial charge in [0, 0.05) is 18.7 Å². The largest absolute Gasteiger partial charge is 0.396 e. The van der Waals surface area contributed by atoms with E-state index in [1.165, 1.54) is 29.5 Å². The lowest BCUT2D eigenvalue weighted by Crippen LogP contribution is -2.36. The summed E-state index contributed by atoms with van der Waals surface area (Å²) in [5.74, 6) is 0.442. The number of aryl methyl sites for hydroxylation is 2. The van der Waals surface area contributed by atoms with Crippen LogP contribution >= 0.6 is 0 Å². The van der Waals surface area contributed by atoms with E-state index in [4.69, 9.17) is 0 Å². The van der Waals surface area contributed by atoms with Gasteiger partial charge in [0.15, 0.2) is 0 Å². The first kappa shape index (κ1) is 13.6. The Kier molecular flexibility index (Phi) is 4.41. The number of hydrogen-bond acceptors (Lipinski definition) is 2. The number of nitrogens with one attached hydrogen (secondary N) is 1. The maximum Gasteiger partial charge on any atom is 0.0474 e. The lowest BCUT2D eigenvalue weighted by Gasteiger charge is -2.25. The summed E-state index contributed by atoms with van der Waals surface area (Å²) in [5, 5.41) is 13.1. The van der Waals surface area contributed by atoms with Gasteiger partial charge < -0.3 is 10.4 Å². The molecule has 0 amide bonds. The number of hydrogen-bond donors (Lipinski definition) is 2. The summed E-state index contributed by atoms with van der Waals surface area (Å²) in [5.41, 5.74) is 4.05. The van der Waals surface area contributed by atoms with E-state index < -0.39 is 0 Å². The first-order valence-corrected chi connectivity index (χ1v) is 7.06. The predicted molar refractivity (Wildman–Crippen MR) is 75.7 cm³/mol. The van der Waals surface area contributed by atoms with Crippen molar-refractivity contribution in [3.8, 4) is 0 Å². The van der Waals surface area contributed by atoms with Crippen LogP contribution < -0.4 is 5.32 Å². The molecule has 2 heteroatoms. The van der Waals surface area contributed by atoms with Crippen LogP contribution in [0, 0.1) is 19.8 Å². The molecule has 1 fully saturated rings. The van der Waals surface area contributed by atoms with Crippen LogP contribution in [0.5, 0.6) is 0 Å². The molecular formula is C16H25NO. The highest BCUT2D eigenvalue weighted by Crippen LogP contribution is 2.28. The molecule has 0 saturated heterocycles. The van der Waals surface area contributed by atoms with E-state index in [1.807, 2.05) is 0 Å². The van der Waals surface area contributed by atoms with Crippen molar-refractivity contribution < 1.29 is 5.11 Å². The maximum absolute atomic E-state index is 9.38. The third kappa shape index (κ3) is 2.93. The number of rotatable bonds is 4. The van der Waals surface area contributed by atoms with Gasteiger partial charge in [0.25, 0.3) is 0 Å². The van der Waals surface area contributed by atoms with E-state index in [0.717, 1.165) is 6.42 Å². The molecule has 100 valence electrons. The average molecular weight is 247 g/mol. The Morgan fingerprint density at radius 1 is 1.33 bits per heavy atom. The van der Waals surface area contributed by atoms with Crippen LogP contribution in [0.15, 0.2) is 18.2 Å². The molecule has 1 aromatic rings. The Labute approximate surface area is 110 Å². The van der Waals surface area contributed by atoms with Gasteiger partial charge in [0.1, 0.15) is 0 Å². The molecule has 2 nitrogen and oxygen atoms in total. The highest BCUT2D eigenvalue weighted by atomic mass is 16.3. The maximum atomic E-state index is 9.38. The zero-order valence-electron chi connectivity index (χ0n) is 11.7. The Balaban J connectivity index is 2.07. The second kappa shape index (κ2) is 5.85. The van der Waals surface area contributed by atoms with Crippen LogP contribution in [-0.4, -0.2) is 17.8 Å². The average Bonchev–Trinajstić information content (AvgIpc) is 2.79. The van der Waals surface area contributed by atoms with Crippen molar-refractivity contribution in [2.45, 2.75) is 52.1 Å². The van der Waals surface area contributed by atoms with Gasteiger partial charge in [0.2, 0.25) is 0 Å². The summed E-state index contributed by atoms with van der Waals surface area (Å²) < 4.78 is 0. The lowest BCUT2D eigenvalue weighted by molar-refractivity contribution is 0.200. The molecule has 1 aliphatic rings. The van der Waals surface area contributed by atoms with E-state index in [0.29, 0.717) is 24.6 Å². The quantitative estimate of drug-likeness (QED) is 0.857. The van der Waals surface area contributed by atoms with Crippen LogP contribution in [0.2, 0.25) is 0 Å². The molecule has 1 saturated carbocycles. The smallest absolute Gasteiger partial charge is 0.0474 e. The van der Waals surface area contributed by atoms with E-state index in [9.17, 15) is 5.11 Å². The number of aliphatic hydroxyl groups is 1. The van der Waals surface area contributed by atoms with Crippen molar-refractivity contribution in [2.75, 3.05) is 6.61 Å². The van der Waals surface area contributed by atoms with E-state index in [-0.39, 0.29) is 0 Å². The van der Waals surface area contributed by atoms with Gasteiger partial charge in [0.05, 0.1) is 0 Å². The third-order valence-corrected chi connectivity index (χ3v) is 4.26. The fourth-order valence-electron chi connectivity index (χ4n) is 3.11. The van der Waals surface area contributed by atoms with Crippen LogP contribution in [0.1, 0.15) is 48.9 Å². The van der Waals surface area contributed by atoms with Gasteiger partial charge >= 0.3 is 0 Å². The first-order valence-electron chi connectivity index (χ1n) is 7.06. The minimum Gasteiger partial charge on any atom is -0.396 e. The van der Waals surface area contributed by atoms with E-state index in [2.05, 4.69) is 44.3 Å². The highest BCUT2D eigenvalue weighted by Gasteiger charge is 2.27. The fourth-order valence-corrected chi connectivity index (χ4v) is 3.11. The summed E-state index contributed by atoms with van der Waals surface area (Å²) in [6, 6.07) is 7.47. The lowest BCUT2D eigenvalue weighted by atomic mass is 9.97. The monoisotopic (exact) mass is 247 g/mol. The molecule has 0 aromatic heterocycles. The molecule has 18 heavy (non-hydrogen) atoms. The topological polar surface area (TPSA) is 32.3 Å². The molecule has 0 bridgehead atoms. The molecule has 1 aromatic carbocycles. The van der Waals surface area contributed by atoms with Crippen molar-refractivity contribution in [1.82, 2.24) is 5.32 Å². The van der Waals surface area contributed by atoms with Crippen molar-refractivity contribution >= 4 is 0 Å². The molecular weight excluding hydrogens is 222 g/mol. The summed E-state index contributed by atoms with van der Waals surface area (Å²) in [6.07, 6.45) is 3.59. The summed E-state index contributed by atoms with van der Waals surface area (Å²) in [4.78, 5) is 0. The molecule has 3 atom stereocenters. The van der Waals surface area contributed by atoms with Crippen molar-refractivity contribution in [3.05, 3.63) is 34.9 Å². The second-order valence-electron chi connectivity index (χ2n) is 5.73. The van der Waals surface area contributed by atoms with Gasteiger partial charge in [-0.1, -0.05) is 30.2 Å². The Morgan fingerprint density at radius 2 is 2.11 bits per heavy atom. The second-order valence-corrected chi connectivity index (χ2v) is 5.73. The van der Waals surface area contributed by atoms with Gasteiger partial charge in [-0.2, -0.15) is 0 Å². The van der Waals surface area contributed by atoms with Crippen molar-refractivity contribution in [3.63, 3.8) is 0 Å². The normalized spacial score (nSPS) is 25.3. The summed E-state index contributed by atoms with van der Waals surface area (Å²) in [7, 11) is 0. The number of aliphatic hydroxyl groups excluding tert-OH is 1. The van der Waals surface area contributed by atoms with Gasteiger partial charge in [-0.3, -0.25) is 0 Å².